The number of carboxylic acids is 1. The predicted octanol–water partition coefficient (Wildman–Crippen LogP) is 1.50. The molecule has 0 unspecified atom stereocenters. The van der Waals surface area contributed by atoms with E-state index in [1.807, 2.05) is 0 Å². The lowest BCUT2D eigenvalue weighted by Gasteiger charge is -2.09. The van der Waals surface area contributed by atoms with Gasteiger partial charge in [0.25, 0.3) is 0 Å². The second kappa shape index (κ2) is 5.89. The van der Waals surface area contributed by atoms with Crippen molar-refractivity contribution in [2.45, 2.75) is 5.16 Å². The number of aliphatic carboxylic acids is 1. The summed E-state index contributed by atoms with van der Waals surface area (Å²) in [5, 5.41) is 20.6. The van der Waals surface area contributed by atoms with Gasteiger partial charge in [-0.3, -0.25) is 4.79 Å². The van der Waals surface area contributed by atoms with Crippen LogP contribution in [-0.4, -0.2) is 44.1 Å². The Morgan fingerprint density at radius 1 is 1.58 bits per heavy atom. The van der Waals surface area contributed by atoms with Crippen molar-refractivity contribution in [3.8, 4) is 11.4 Å². The number of hydrogen-bond donors (Lipinski definition) is 1. The maximum Gasteiger partial charge on any atom is 0.313 e. The molecule has 0 aliphatic rings. The van der Waals surface area contributed by atoms with Gasteiger partial charge in [-0.15, -0.1) is 5.10 Å². The first-order chi connectivity index (χ1) is 9.11. The lowest BCUT2D eigenvalue weighted by atomic mass is 10.3. The maximum atomic E-state index is 10.6. The Bertz CT molecular complexity index is 604. The second-order valence-electron chi connectivity index (χ2n) is 3.37. The van der Waals surface area contributed by atoms with E-state index in [0.29, 0.717) is 21.6 Å². The van der Waals surface area contributed by atoms with Gasteiger partial charge >= 0.3 is 5.97 Å². The molecule has 1 aromatic heterocycles. The molecule has 9 heteroatoms. The third-order valence-electron chi connectivity index (χ3n) is 2.13. The van der Waals surface area contributed by atoms with Crippen molar-refractivity contribution in [2.24, 2.45) is 0 Å². The molecule has 7 nitrogen and oxygen atoms in total. The van der Waals surface area contributed by atoms with Crippen molar-refractivity contribution in [1.29, 1.82) is 0 Å². The SMILES string of the molecule is COc1ccc(Cl)cc1-n1nnnc1SCC(=O)O. The summed E-state index contributed by atoms with van der Waals surface area (Å²) in [7, 11) is 1.52. The van der Waals surface area contributed by atoms with Gasteiger partial charge in [0.05, 0.1) is 12.9 Å². The molecular formula is C10H9ClN4O3S. The van der Waals surface area contributed by atoms with Gasteiger partial charge in [-0.1, -0.05) is 23.4 Å². The molecule has 2 aromatic rings. The molecule has 0 atom stereocenters. The number of carboxylic acid groups (broad SMARTS) is 1. The first-order valence-electron chi connectivity index (χ1n) is 5.08. The summed E-state index contributed by atoms with van der Waals surface area (Å²) < 4.78 is 6.59. The minimum Gasteiger partial charge on any atom is -0.494 e. The zero-order valence-electron chi connectivity index (χ0n) is 9.78. The van der Waals surface area contributed by atoms with E-state index in [9.17, 15) is 4.79 Å². The van der Waals surface area contributed by atoms with Gasteiger partial charge in [-0.05, 0) is 28.6 Å². The van der Waals surface area contributed by atoms with Gasteiger partial charge in [-0.25, -0.2) is 0 Å². The molecule has 0 aliphatic heterocycles. The number of halogens is 1. The van der Waals surface area contributed by atoms with Crippen LogP contribution in [0.3, 0.4) is 0 Å². The second-order valence-corrected chi connectivity index (χ2v) is 4.75. The van der Waals surface area contributed by atoms with Crippen molar-refractivity contribution in [2.75, 3.05) is 12.9 Å². The number of aromatic nitrogens is 4. The van der Waals surface area contributed by atoms with E-state index in [1.54, 1.807) is 18.2 Å². The zero-order chi connectivity index (χ0) is 13.8. The molecule has 1 heterocycles. The van der Waals surface area contributed by atoms with Gasteiger partial charge in [0.15, 0.2) is 0 Å². The number of methoxy groups -OCH3 is 1. The first-order valence-corrected chi connectivity index (χ1v) is 6.45. The molecule has 1 N–H and O–H groups in total. The summed E-state index contributed by atoms with van der Waals surface area (Å²) >= 11 is 6.94. The molecular weight excluding hydrogens is 292 g/mol. The fraction of sp³-hybridized carbons (Fsp3) is 0.200. The summed E-state index contributed by atoms with van der Waals surface area (Å²) in [6.45, 7) is 0. The van der Waals surface area contributed by atoms with Gasteiger partial charge in [0.1, 0.15) is 11.4 Å². The Morgan fingerprint density at radius 3 is 3.05 bits per heavy atom. The van der Waals surface area contributed by atoms with E-state index in [-0.39, 0.29) is 5.75 Å². The number of benzene rings is 1. The highest BCUT2D eigenvalue weighted by molar-refractivity contribution is 7.99. The minimum absolute atomic E-state index is 0.136. The lowest BCUT2D eigenvalue weighted by Crippen LogP contribution is -2.04. The minimum atomic E-state index is -0.947. The predicted molar refractivity (Wildman–Crippen MR) is 69.1 cm³/mol. The third kappa shape index (κ3) is 3.15. The topological polar surface area (TPSA) is 90.1 Å². The molecule has 2 rings (SSSR count). The van der Waals surface area contributed by atoms with E-state index in [1.165, 1.54) is 11.8 Å². The van der Waals surface area contributed by atoms with Crippen LogP contribution in [0.5, 0.6) is 5.75 Å². The van der Waals surface area contributed by atoms with Gasteiger partial charge in [0.2, 0.25) is 5.16 Å². The number of carbonyl (C=O) groups is 1. The standard InChI is InChI=1S/C10H9ClN4O3S/c1-18-8-3-2-6(11)4-7(8)15-10(12-13-14-15)19-5-9(16)17/h2-4H,5H2,1H3,(H,16,17). The number of nitrogens with zero attached hydrogens (tertiary/aromatic N) is 4. The average molecular weight is 301 g/mol. The summed E-state index contributed by atoms with van der Waals surface area (Å²) in [4.78, 5) is 10.6. The lowest BCUT2D eigenvalue weighted by molar-refractivity contribution is -0.133. The number of hydrogen-bond acceptors (Lipinski definition) is 6. The van der Waals surface area contributed by atoms with E-state index in [2.05, 4.69) is 15.5 Å². The van der Waals surface area contributed by atoms with Crippen LogP contribution in [0.25, 0.3) is 5.69 Å². The monoisotopic (exact) mass is 300 g/mol. The molecule has 0 radical (unpaired) electrons. The average Bonchev–Trinajstić information content (AvgIpc) is 2.84. The molecule has 0 fully saturated rings. The van der Waals surface area contributed by atoms with Gasteiger partial charge < -0.3 is 9.84 Å². The Morgan fingerprint density at radius 2 is 2.37 bits per heavy atom. The van der Waals surface area contributed by atoms with Gasteiger partial charge in [0, 0.05) is 5.02 Å². The molecule has 1 aromatic carbocycles. The van der Waals surface area contributed by atoms with Crippen LogP contribution in [0.4, 0.5) is 0 Å². The van der Waals surface area contributed by atoms with Crippen molar-refractivity contribution >= 4 is 29.3 Å². The first kappa shape index (κ1) is 13.6. The number of thioether (sulfide) groups is 1. The van der Waals surface area contributed by atoms with E-state index in [4.69, 9.17) is 21.4 Å². The fourth-order valence-corrected chi connectivity index (χ4v) is 2.15. The van der Waals surface area contributed by atoms with Crippen LogP contribution in [-0.2, 0) is 4.79 Å². The molecule has 100 valence electrons. The van der Waals surface area contributed by atoms with Crippen LogP contribution in [0, 0.1) is 0 Å². The molecule has 0 aliphatic carbocycles. The van der Waals surface area contributed by atoms with Crippen molar-refractivity contribution < 1.29 is 14.6 Å². The smallest absolute Gasteiger partial charge is 0.313 e. The summed E-state index contributed by atoms with van der Waals surface area (Å²) in [6, 6.07) is 5.00. The van der Waals surface area contributed by atoms with E-state index >= 15 is 0 Å². The Hall–Kier alpha value is -1.80. The molecule has 0 saturated carbocycles. The summed E-state index contributed by atoms with van der Waals surface area (Å²) in [6.07, 6.45) is 0. The quantitative estimate of drug-likeness (QED) is 0.837. The molecule has 0 bridgehead atoms. The van der Waals surface area contributed by atoms with Crippen LogP contribution in [0.1, 0.15) is 0 Å². The van der Waals surface area contributed by atoms with Crippen LogP contribution < -0.4 is 4.74 Å². The normalized spacial score (nSPS) is 10.4. The highest BCUT2D eigenvalue weighted by Gasteiger charge is 2.14. The number of rotatable bonds is 5. The van der Waals surface area contributed by atoms with Crippen molar-refractivity contribution in [1.82, 2.24) is 20.2 Å². The zero-order valence-corrected chi connectivity index (χ0v) is 11.4. The molecule has 0 saturated heterocycles. The van der Waals surface area contributed by atoms with Crippen LogP contribution in [0.15, 0.2) is 23.4 Å². The number of tetrazole rings is 1. The maximum absolute atomic E-state index is 10.6. The highest BCUT2D eigenvalue weighted by atomic mass is 35.5. The van der Waals surface area contributed by atoms with Gasteiger partial charge in [-0.2, -0.15) is 4.68 Å². The Labute approximate surface area is 117 Å². The Balaban J connectivity index is 2.39. The summed E-state index contributed by atoms with van der Waals surface area (Å²) in [5.41, 5.74) is 0.549. The van der Waals surface area contributed by atoms with E-state index < -0.39 is 5.97 Å². The molecule has 0 amide bonds. The van der Waals surface area contributed by atoms with Crippen LogP contribution >= 0.6 is 23.4 Å². The van der Waals surface area contributed by atoms with Crippen molar-refractivity contribution in [3.05, 3.63) is 23.2 Å². The third-order valence-corrected chi connectivity index (χ3v) is 3.27. The Kier molecular flexibility index (Phi) is 4.23. The largest absolute Gasteiger partial charge is 0.494 e. The number of ether oxygens (including phenoxy) is 1. The van der Waals surface area contributed by atoms with E-state index in [0.717, 1.165) is 11.8 Å². The molecule has 19 heavy (non-hydrogen) atoms. The fourth-order valence-electron chi connectivity index (χ4n) is 1.38. The molecule has 0 spiro atoms. The highest BCUT2D eigenvalue weighted by Crippen LogP contribution is 2.28. The van der Waals surface area contributed by atoms with Crippen molar-refractivity contribution in [3.63, 3.8) is 0 Å². The summed E-state index contributed by atoms with van der Waals surface area (Å²) in [5.74, 6) is -0.546. The van der Waals surface area contributed by atoms with Crippen LogP contribution in [0.2, 0.25) is 5.02 Å².